The Morgan fingerprint density at radius 3 is 1.87 bits per heavy atom. The third-order valence-electron chi connectivity index (χ3n) is 5.60. The van der Waals surface area contributed by atoms with Crippen LogP contribution in [0.25, 0.3) is 22.5 Å². The van der Waals surface area contributed by atoms with Crippen molar-refractivity contribution in [2.75, 3.05) is 0 Å². The Kier molecular flexibility index (Phi) is 8.89. The van der Waals surface area contributed by atoms with E-state index in [1.165, 1.54) is 54.4 Å². The van der Waals surface area contributed by atoms with E-state index in [-0.39, 0.29) is 5.38 Å². The molecule has 0 aliphatic carbocycles. The number of alkyl halides is 1. The van der Waals surface area contributed by atoms with Crippen molar-refractivity contribution in [3.63, 3.8) is 0 Å². The van der Waals surface area contributed by atoms with Gasteiger partial charge < -0.3 is 0 Å². The molecule has 158 valence electrons. The predicted octanol–water partition coefficient (Wildman–Crippen LogP) is 7.88. The second-order valence-electron chi connectivity index (χ2n) is 8.06. The van der Waals surface area contributed by atoms with Crippen LogP contribution in [0.2, 0.25) is 0 Å². The molecule has 0 saturated heterocycles. The van der Waals surface area contributed by atoms with Gasteiger partial charge in [-0.3, -0.25) is 0 Å². The molecule has 0 fully saturated rings. The van der Waals surface area contributed by atoms with Gasteiger partial charge in [0.05, 0.1) is 0 Å². The zero-order valence-corrected chi connectivity index (χ0v) is 19.0. The van der Waals surface area contributed by atoms with Crippen molar-refractivity contribution in [2.24, 2.45) is 0 Å². The first kappa shape index (κ1) is 22.5. The van der Waals surface area contributed by atoms with Crippen LogP contribution in [0.4, 0.5) is 0 Å². The molecule has 3 rings (SSSR count). The summed E-state index contributed by atoms with van der Waals surface area (Å²) in [5.41, 5.74) is 5.99. The highest BCUT2D eigenvalue weighted by molar-refractivity contribution is 6.20. The zero-order chi connectivity index (χ0) is 21.2. The fourth-order valence-corrected chi connectivity index (χ4v) is 3.79. The van der Waals surface area contributed by atoms with Crippen LogP contribution in [-0.2, 0) is 12.8 Å². The maximum absolute atomic E-state index is 6.27. The maximum atomic E-state index is 6.27. The van der Waals surface area contributed by atoms with Crippen molar-refractivity contribution < 1.29 is 0 Å². The molecule has 0 amide bonds. The molecule has 1 aromatic heterocycles. The minimum absolute atomic E-state index is 0.211. The van der Waals surface area contributed by atoms with E-state index in [0.29, 0.717) is 0 Å². The maximum Gasteiger partial charge on any atom is 0.159 e. The molecule has 2 aromatic carbocycles. The Hall–Kier alpha value is -2.19. The minimum Gasteiger partial charge on any atom is -0.236 e. The van der Waals surface area contributed by atoms with Crippen LogP contribution in [-0.4, -0.2) is 15.3 Å². The van der Waals surface area contributed by atoms with E-state index >= 15 is 0 Å². The number of aromatic nitrogens is 2. The van der Waals surface area contributed by atoms with Gasteiger partial charge in [-0.15, -0.1) is 11.6 Å². The molecule has 0 radical (unpaired) electrons. The third kappa shape index (κ3) is 6.67. The van der Waals surface area contributed by atoms with E-state index in [9.17, 15) is 0 Å². The van der Waals surface area contributed by atoms with Crippen LogP contribution < -0.4 is 0 Å². The summed E-state index contributed by atoms with van der Waals surface area (Å²) in [7, 11) is 0. The Morgan fingerprint density at radius 1 is 0.700 bits per heavy atom. The molecule has 2 nitrogen and oxygen atoms in total. The van der Waals surface area contributed by atoms with Gasteiger partial charge in [0.15, 0.2) is 5.82 Å². The fourth-order valence-electron chi connectivity index (χ4n) is 3.61. The molecule has 1 heterocycles. The number of aryl methyl sites for hydroxylation is 1. The predicted molar refractivity (Wildman–Crippen MR) is 129 cm³/mol. The van der Waals surface area contributed by atoms with Gasteiger partial charge >= 0.3 is 0 Å². The molecule has 1 atom stereocenters. The molecular weight excluding hydrogens is 388 g/mol. The topological polar surface area (TPSA) is 25.8 Å². The van der Waals surface area contributed by atoms with Crippen LogP contribution >= 0.6 is 11.6 Å². The van der Waals surface area contributed by atoms with E-state index in [2.05, 4.69) is 72.3 Å². The Morgan fingerprint density at radius 2 is 1.27 bits per heavy atom. The van der Waals surface area contributed by atoms with Crippen LogP contribution in [0.5, 0.6) is 0 Å². The number of hydrogen-bond acceptors (Lipinski definition) is 2. The van der Waals surface area contributed by atoms with E-state index in [1.54, 1.807) is 0 Å². The van der Waals surface area contributed by atoms with Gasteiger partial charge in [-0.25, -0.2) is 9.97 Å². The Bertz CT molecular complexity index is 870. The quantitative estimate of drug-likeness (QED) is 0.233. The summed E-state index contributed by atoms with van der Waals surface area (Å²) >= 11 is 6.27. The average Bonchev–Trinajstić information content (AvgIpc) is 2.80. The van der Waals surface area contributed by atoms with Crippen LogP contribution in [0.3, 0.4) is 0 Å². The van der Waals surface area contributed by atoms with Crippen molar-refractivity contribution in [1.82, 2.24) is 9.97 Å². The summed E-state index contributed by atoms with van der Waals surface area (Å²) in [5, 5.41) is 0.211. The van der Waals surface area contributed by atoms with Crippen molar-refractivity contribution in [3.05, 3.63) is 72.1 Å². The molecule has 0 bridgehead atoms. The number of unbranched alkanes of at least 4 members (excludes halogenated alkanes) is 4. The van der Waals surface area contributed by atoms with E-state index in [0.717, 1.165) is 30.7 Å². The van der Waals surface area contributed by atoms with Gasteiger partial charge in [0.1, 0.15) is 0 Å². The fraction of sp³-hybridized carbons (Fsp3) is 0.407. The van der Waals surface area contributed by atoms with Gasteiger partial charge in [-0.05, 0) is 47.9 Å². The zero-order valence-electron chi connectivity index (χ0n) is 18.3. The monoisotopic (exact) mass is 420 g/mol. The normalized spacial score (nSPS) is 12.1. The number of benzene rings is 2. The minimum atomic E-state index is 0.211. The molecule has 0 spiro atoms. The molecular formula is C27H33ClN2. The third-order valence-corrected chi connectivity index (χ3v) is 6.07. The van der Waals surface area contributed by atoms with Gasteiger partial charge in [-0.2, -0.15) is 0 Å². The molecule has 0 N–H and O–H groups in total. The lowest BCUT2D eigenvalue weighted by Crippen LogP contribution is -2.00. The lowest BCUT2D eigenvalue weighted by molar-refractivity contribution is 0.631. The van der Waals surface area contributed by atoms with Crippen molar-refractivity contribution >= 4 is 11.6 Å². The van der Waals surface area contributed by atoms with Crippen molar-refractivity contribution in [1.29, 1.82) is 0 Å². The first-order valence-corrected chi connectivity index (χ1v) is 11.8. The van der Waals surface area contributed by atoms with Crippen LogP contribution in [0.1, 0.15) is 63.5 Å². The van der Waals surface area contributed by atoms with Gasteiger partial charge in [0, 0.05) is 23.3 Å². The number of nitrogens with zero attached hydrogens (tertiary/aromatic N) is 2. The Labute approximate surface area is 186 Å². The smallest absolute Gasteiger partial charge is 0.159 e. The van der Waals surface area contributed by atoms with E-state index in [4.69, 9.17) is 11.6 Å². The first-order chi connectivity index (χ1) is 14.7. The molecule has 0 unspecified atom stereocenters. The van der Waals surface area contributed by atoms with Crippen LogP contribution in [0, 0.1) is 0 Å². The Balaban J connectivity index is 1.58. The van der Waals surface area contributed by atoms with Gasteiger partial charge in [-0.1, -0.05) is 88.1 Å². The molecule has 3 heteroatoms. The molecule has 30 heavy (non-hydrogen) atoms. The molecule has 0 aliphatic heterocycles. The second kappa shape index (κ2) is 11.9. The van der Waals surface area contributed by atoms with Gasteiger partial charge in [0.2, 0.25) is 0 Å². The number of hydrogen-bond donors (Lipinski definition) is 0. The summed E-state index contributed by atoms with van der Waals surface area (Å²) in [6.45, 7) is 4.37. The largest absolute Gasteiger partial charge is 0.236 e. The lowest BCUT2D eigenvalue weighted by Gasteiger charge is -2.08. The highest BCUT2D eigenvalue weighted by Crippen LogP contribution is 2.24. The number of halogens is 1. The summed E-state index contributed by atoms with van der Waals surface area (Å²) in [5.74, 6) is 0.791. The average molecular weight is 421 g/mol. The summed E-state index contributed by atoms with van der Waals surface area (Å²) in [6.07, 6.45) is 13.4. The molecule has 0 aliphatic rings. The van der Waals surface area contributed by atoms with Crippen molar-refractivity contribution in [3.8, 4) is 22.5 Å². The first-order valence-electron chi connectivity index (χ1n) is 11.3. The van der Waals surface area contributed by atoms with Crippen molar-refractivity contribution in [2.45, 2.75) is 70.6 Å². The van der Waals surface area contributed by atoms with Crippen LogP contribution in [0.15, 0.2) is 60.9 Å². The second-order valence-corrected chi connectivity index (χ2v) is 8.68. The number of rotatable bonds is 11. The van der Waals surface area contributed by atoms with E-state index < -0.39 is 0 Å². The SMILES string of the molecule is CCCCCCCc1cnc(-c2ccc(-c3ccc(C[C@H](Cl)CC)cc3)cc2)nc1. The van der Waals surface area contributed by atoms with E-state index in [1.807, 2.05) is 12.4 Å². The lowest BCUT2D eigenvalue weighted by atomic mass is 10.0. The van der Waals surface area contributed by atoms with Gasteiger partial charge in [0.25, 0.3) is 0 Å². The summed E-state index contributed by atoms with van der Waals surface area (Å²) in [6, 6.07) is 17.2. The summed E-state index contributed by atoms with van der Waals surface area (Å²) in [4.78, 5) is 9.18. The summed E-state index contributed by atoms with van der Waals surface area (Å²) < 4.78 is 0. The highest BCUT2D eigenvalue weighted by atomic mass is 35.5. The highest BCUT2D eigenvalue weighted by Gasteiger charge is 2.06. The molecule has 3 aromatic rings. The standard InChI is InChI=1S/C27H33ClN2/c1-3-5-6-7-8-9-22-19-29-27(30-20-22)25-16-14-24(15-17-25)23-12-10-21(11-13-23)18-26(28)4-2/h10-17,19-20,26H,3-9,18H2,1-2H3/t26-/m1/s1. The molecule has 0 saturated carbocycles.